The van der Waals surface area contributed by atoms with E-state index in [1.807, 2.05) is 30.3 Å². The van der Waals surface area contributed by atoms with Crippen molar-refractivity contribution in [3.8, 4) is 5.75 Å². The molecule has 2 aromatic rings. The molecule has 0 bridgehead atoms. The molecule has 0 amide bonds. The first kappa shape index (κ1) is 12.1. The minimum atomic E-state index is -0.199. The number of hydrogen-bond donors (Lipinski definition) is 1. The summed E-state index contributed by atoms with van der Waals surface area (Å²) in [6.07, 6.45) is 3.42. The Morgan fingerprint density at radius 1 is 1.24 bits per heavy atom. The van der Waals surface area contributed by atoms with Gasteiger partial charge in [0.25, 0.3) is 0 Å². The van der Waals surface area contributed by atoms with E-state index in [0.29, 0.717) is 5.75 Å². The smallest absolute Gasteiger partial charge is 0.137 e. The predicted molar refractivity (Wildman–Crippen MR) is 71.0 cm³/mol. The second kappa shape index (κ2) is 5.29. The minimum absolute atomic E-state index is 0.199. The summed E-state index contributed by atoms with van der Waals surface area (Å²) in [6.45, 7) is 0. The lowest BCUT2D eigenvalue weighted by Gasteiger charge is -2.13. The van der Waals surface area contributed by atoms with E-state index in [0.717, 1.165) is 15.6 Å². The van der Waals surface area contributed by atoms with Gasteiger partial charge in [-0.15, -0.1) is 0 Å². The highest BCUT2D eigenvalue weighted by Crippen LogP contribution is 2.24. The molecule has 0 saturated heterocycles. The van der Waals surface area contributed by atoms with Crippen molar-refractivity contribution in [1.29, 1.82) is 0 Å². The molecule has 0 fully saturated rings. The van der Waals surface area contributed by atoms with Crippen molar-refractivity contribution in [2.45, 2.75) is 6.04 Å². The molecule has 0 spiro atoms. The van der Waals surface area contributed by atoms with Gasteiger partial charge in [-0.3, -0.25) is 4.98 Å². The van der Waals surface area contributed by atoms with Crippen LogP contribution in [0.1, 0.15) is 17.2 Å². The van der Waals surface area contributed by atoms with Gasteiger partial charge in [0.05, 0.1) is 19.3 Å². The van der Waals surface area contributed by atoms with Crippen LogP contribution in [-0.2, 0) is 0 Å². The Hall–Kier alpha value is -1.39. The van der Waals surface area contributed by atoms with Gasteiger partial charge in [-0.25, -0.2) is 0 Å². The number of pyridine rings is 1. The van der Waals surface area contributed by atoms with Crippen LogP contribution in [0, 0.1) is 0 Å². The first-order chi connectivity index (χ1) is 8.20. The van der Waals surface area contributed by atoms with E-state index in [9.17, 15) is 0 Å². The topological polar surface area (TPSA) is 48.1 Å². The predicted octanol–water partition coefficient (Wildman–Crippen LogP) is 2.90. The van der Waals surface area contributed by atoms with Crippen molar-refractivity contribution >= 4 is 15.9 Å². The molecule has 88 valence electrons. The maximum absolute atomic E-state index is 6.19. The van der Waals surface area contributed by atoms with Crippen LogP contribution in [0.4, 0.5) is 0 Å². The summed E-state index contributed by atoms with van der Waals surface area (Å²) in [5.74, 6) is 0.716. The van der Waals surface area contributed by atoms with Crippen LogP contribution in [-0.4, -0.2) is 12.1 Å². The highest BCUT2D eigenvalue weighted by Gasteiger charge is 2.10. The molecule has 1 heterocycles. The molecular formula is C13H13BrN2O. The van der Waals surface area contributed by atoms with Crippen molar-refractivity contribution in [3.05, 3.63) is 58.3 Å². The molecule has 3 nitrogen and oxygen atoms in total. The van der Waals surface area contributed by atoms with Gasteiger partial charge in [-0.1, -0.05) is 28.1 Å². The molecule has 0 aliphatic heterocycles. The molecule has 0 aliphatic carbocycles. The summed E-state index contributed by atoms with van der Waals surface area (Å²) in [7, 11) is 1.62. The quantitative estimate of drug-likeness (QED) is 0.946. The van der Waals surface area contributed by atoms with Gasteiger partial charge in [0.15, 0.2) is 0 Å². The fourth-order valence-corrected chi connectivity index (χ4v) is 2.03. The van der Waals surface area contributed by atoms with E-state index in [-0.39, 0.29) is 6.04 Å². The highest BCUT2D eigenvalue weighted by atomic mass is 79.9. The maximum atomic E-state index is 6.19. The normalized spacial score (nSPS) is 12.2. The molecule has 17 heavy (non-hydrogen) atoms. The largest absolute Gasteiger partial charge is 0.495 e. The Morgan fingerprint density at radius 2 is 2.06 bits per heavy atom. The van der Waals surface area contributed by atoms with Gasteiger partial charge in [-0.2, -0.15) is 0 Å². The summed E-state index contributed by atoms with van der Waals surface area (Å²) in [6, 6.07) is 9.64. The zero-order valence-corrected chi connectivity index (χ0v) is 11.0. The molecule has 2 N–H and O–H groups in total. The van der Waals surface area contributed by atoms with Crippen LogP contribution in [0.15, 0.2) is 47.2 Å². The van der Waals surface area contributed by atoms with E-state index in [1.165, 1.54) is 0 Å². The van der Waals surface area contributed by atoms with E-state index < -0.39 is 0 Å². The summed E-state index contributed by atoms with van der Waals surface area (Å²) >= 11 is 3.44. The van der Waals surface area contributed by atoms with Crippen molar-refractivity contribution in [1.82, 2.24) is 4.98 Å². The van der Waals surface area contributed by atoms with Gasteiger partial charge < -0.3 is 10.5 Å². The zero-order valence-electron chi connectivity index (χ0n) is 9.43. The summed E-state index contributed by atoms with van der Waals surface area (Å²) < 4.78 is 6.15. The Balaban J connectivity index is 2.33. The lowest BCUT2D eigenvalue weighted by Crippen LogP contribution is -2.12. The summed E-state index contributed by atoms with van der Waals surface area (Å²) in [5, 5.41) is 0. The molecule has 1 atom stereocenters. The van der Waals surface area contributed by atoms with E-state index in [4.69, 9.17) is 10.5 Å². The Bertz CT molecular complexity index is 516. The van der Waals surface area contributed by atoms with E-state index >= 15 is 0 Å². The first-order valence-corrected chi connectivity index (χ1v) is 6.00. The molecule has 0 radical (unpaired) electrons. The standard InChI is InChI=1S/C13H13BrN2O/c1-17-12-6-10(7-16-8-12)13(15)9-3-2-4-11(14)5-9/h2-8,13H,15H2,1H3. The van der Waals surface area contributed by atoms with Crippen molar-refractivity contribution in [2.75, 3.05) is 7.11 Å². The van der Waals surface area contributed by atoms with E-state index in [2.05, 4.69) is 20.9 Å². The monoisotopic (exact) mass is 292 g/mol. The number of hydrogen-bond acceptors (Lipinski definition) is 3. The number of nitrogens with two attached hydrogens (primary N) is 1. The summed E-state index contributed by atoms with van der Waals surface area (Å²) in [4.78, 5) is 4.11. The number of benzene rings is 1. The fourth-order valence-electron chi connectivity index (χ4n) is 1.61. The average molecular weight is 293 g/mol. The fraction of sp³-hybridized carbons (Fsp3) is 0.154. The molecule has 1 aromatic carbocycles. The highest BCUT2D eigenvalue weighted by molar-refractivity contribution is 9.10. The van der Waals surface area contributed by atoms with Crippen LogP contribution in [0.5, 0.6) is 5.75 Å². The second-order valence-electron chi connectivity index (χ2n) is 3.69. The lowest BCUT2D eigenvalue weighted by atomic mass is 10.0. The third-order valence-corrected chi connectivity index (χ3v) is 3.03. The van der Waals surface area contributed by atoms with Gasteiger partial charge in [-0.05, 0) is 29.3 Å². The minimum Gasteiger partial charge on any atom is -0.495 e. The van der Waals surface area contributed by atoms with Crippen LogP contribution < -0.4 is 10.5 Å². The zero-order chi connectivity index (χ0) is 12.3. The third-order valence-electron chi connectivity index (χ3n) is 2.54. The second-order valence-corrected chi connectivity index (χ2v) is 4.61. The van der Waals surface area contributed by atoms with Gasteiger partial charge in [0, 0.05) is 10.7 Å². The number of methoxy groups -OCH3 is 1. The van der Waals surface area contributed by atoms with Crippen molar-refractivity contribution in [3.63, 3.8) is 0 Å². The lowest BCUT2D eigenvalue weighted by molar-refractivity contribution is 0.412. The van der Waals surface area contributed by atoms with Crippen LogP contribution in [0.25, 0.3) is 0 Å². The molecule has 2 rings (SSSR count). The maximum Gasteiger partial charge on any atom is 0.137 e. The first-order valence-electron chi connectivity index (χ1n) is 5.20. The number of ether oxygens (including phenoxy) is 1. The summed E-state index contributed by atoms with van der Waals surface area (Å²) in [5.41, 5.74) is 8.16. The van der Waals surface area contributed by atoms with Crippen molar-refractivity contribution in [2.24, 2.45) is 5.73 Å². The Labute approximate surface area is 109 Å². The number of aromatic nitrogens is 1. The Kier molecular flexibility index (Phi) is 3.76. The third kappa shape index (κ3) is 2.84. The van der Waals surface area contributed by atoms with E-state index in [1.54, 1.807) is 19.5 Å². The Morgan fingerprint density at radius 3 is 2.76 bits per heavy atom. The molecule has 1 aromatic heterocycles. The van der Waals surface area contributed by atoms with Crippen LogP contribution >= 0.6 is 15.9 Å². The molecule has 1 unspecified atom stereocenters. The molecule has 0 saturated carbocycles. The molecule has 4 heteroatoms. The van der Waals surface area contributed by atoms with Gasteiger partial charge in [0.1, 0.15) is 5.75 Å². The SMILES string of the molecule is COc1cncc(C(N)c2cccc(Br)c2)c1. The van der Waals surface area contributed by atoms with Crippen LogP contribution in [0.2, 0.25) is 0 Å². The molecular weight excluding hydrogens is 280 g/mol. The van der Waals surface area contributed by atoms with Crippen molar-refractivity contribution < 1.29 is 4.74 Å². The van der Waals surface area contributed by atoms with Gasteiger partial charge in [0.2, 0.25) is 0 Å². The number of nitrogens with zero attached hydrogens (tertiary/aromatic N) is 1. The number of halogens is 1. The molecule has 0 aliphatic rings. The average Bonchev–Trinajstić information content (AvgIpc) is 2.38. The number of rotatable bonds is 3. The van der Waals surface area contributed by atoms with Crippen LogP contribution in [0.3, 0.4) is 0 Å². The van der Waals surface area contributed by atoms with Gasteiger partial charge >= 0.3 is 0 Å².